The summed E-state index contributed by atoms with van der Waals surface area (Å²) in [5.41, 5.74) is 2.71. The fourth-order valence-corrected chi connectivity index (χ4v) is 4.00. The lowest BCUT2D eigenvalue weighted by Crippen LogP contribution is -2.19. The standard InChI is InChI=1S/C20H20ClNO3/c1-2-25-20(23)13-6-7-15-18(12-13)22(14-8-10-24-11-9-14)17-5-3-4-16(21)19(15)17/h3-7,12,14H,2,8-11H2,1H3. The number of nitrogens with zero attached hydrogens (tertiary/aromatic N) is 1. The van der Waals surface area contributed by atoms with Gasteiger partial charge in [0.25, 0.3) is 0 Å². The third-order valence-corrected chi connectivity index (χ3v) is 5.16. The van der Waals surface area contributed by atoms with E-state index in [1.54, 1.807) is 0 Å². The molecule has 5 heteroatoms. The minimum Gasteiger partial charge on any atom is -0.462 e. The number of hydrogen-bond donors (Lipinski definition) is 0. The van der Waals surface area contributed by atoms with Crippen LogP contribution in [0.5, 0.6) is 0 Å². The summed E-state index contributed by atoms with van der Waals surface area (Å²) in [6.45, 7) is 3.69. The summed E-state index contributed by atoms with van der Waals surface area (Å²) in [6.07, 6.45) is 1.91. The maximum Gasteiger partial charge on any atom is 0.338 e. The molecule has 1 fully saturated rings. The molecule has 0 atom stereocenters. The molecular weight excluding hydrogens is 338 g/mol. The molecule has 25 heavy (non-hydrogen) atoms. The molecule has 1 aromatic heterocycles. The van der Waals surface area contributed by atoms with Crippen LogP contribution < -0.4 is 0 Å². The maximum absolute atomic E-state index is 12.2. The van der Waals surface area contributed by atoms with Gasteiger partial charge in [0, 0.05) is 30.0 Å². The topological polar surface area (TPSA) is 40.5 Å². The summed E-state index contributed by atoms with van der Waals surface area (Å²) in [5, 5.41) is 2.85. The number of hydrogen-bond acceptors (Lipinski definition) is 3. The number of benzene rings is 2. The van der Waals surface area contributed by atoms with Crippen molar-refractivity contribution in [3.05, 3.63) is 47.0 Å². The molecule has 1 aliphatic rings. The minimum atomic E-state index is -0.292. The van der Waals surface area contributed by atoms with Crippen LogP contribution >= 0.6 is 11.6 Å². The Morgan fingerprint density at radius 3 is 2.80 bits per heavy atom. The predicted octanol–water partition coefficient (Wildman–Crippen LogP) is 4.98. The molecule has 0 unspecified atom stereocenters. The minimum absolute atomic E-state index is 0.292. The van der Waals surface area contributed by atoms with Crippen LogP contribution in [0.3, 0.4) is 0 Å². The zero-order valence-corrected chi connectivity index (χ0v) is 14.9. The predicted molar refractivity (Wildman–Crippen MR) is 99.5 cm³/mol. The van der Waals surface area contributed by atoms with Gasteiger partial charge in [-0.25, -0.2) is 4.79 Å². The molecule has 0 N–H and O–H groups in total. The summed E-state index contributed by atoms with van der Waals surface area (Å²) >= 11 is 6.51. The highest BCUT2D eigenvalue weighted by atomic mass is 35.5. The molecule has 2 heterocycles. The highest BCUT2D eigenvalue weighted by Crippen LogP contribution is 2.38. The van der Waals surface area contributed by atoms with Crippen LogP contribution in [-0.2, 0) is 9.47 Å². The van der Waals surface area contributed by atoms with E-state index in [2.05, 4.69) is 10.6 Å². The van der Waals surface area contributed by atoms with E-state index in [1.165, 1.54) is 0 Å². The Bertz CT molecular complexity index is 941. The van der Waals surface area contributed by atoms with Crippen LogP contribution in [0.1, 0.15) is 36.2 Å². The first-order valence-electron chi connectivity index (χ1n) is 8.67. The van der Waals surface area contributed by atoms with Gasteiger partial charge in [-0.05, 0) is 44.0 Å². The van der Waals surface area contributed by atoms with Crippen LogP contribution in [0.25, 0.3) is 21.8 Å². The lowest BCUT2D eigenvalue weighted by Gasteiger charge is -2.25. The van der Waals surface area contributed by atoms with Crippen molar-refractivity contribution in [1.29, 1.82) is 0 Å². The fraction of sp³-hybridized carbons (Fsp3) is 0.350. The van der Waals surface area contributed by atoms with Crippen molar-refractivity contribution in [3.8, 4) is 0 Å². The average Bonchev–Trinajstić information content (AvgIpc) is 2.97. The summed E-state index contributed by atoms with van der Waals surface area (Å²) in [5.74, 6) is -0.292. The maximum atomic E-state index is 12.2. The van der Waals surface area contributed by atoms with E-state index >= 15 is 0 Å². The molecule has 4 rings (SSSR count). The number of esters is 1. The molecule has 0 bridgehead atoms. The van der Waals surface area contributed by atoms with E-state index in [0.29, 0.717) is 18.2 Å². The first kappa shape index (κ1) is 16.4. The van der Waals surface area contributed by atoms with E-state index in [9.17, 15) is 4.79 Å². The van der Waals surface area contributed by atoms with E-state index < -0.39 is 0 Å². The fourth-order valence-electron chi connectivity index (χ4n) is 3.73. The first-order valence-corrected chi connectivity index (χ1v) is 9.05. The van der Waals surface area contributed by atoms with Gasteiger partial charge in [-0.2, -0.15) is 0 Å². The smallest absolute Gasteiger partial charge is 0.338 e. The SMILES string of the molecule is CCOC(=O)c1ccc2c3c(Cl)cccc3n(C3CCOCC3)c2c1. The number of fused-ring (bicyclic) bond motifs is 3. The van der Waals surface area contributed by atoms with Gasteiger partial charge in [0.1, 0.15) is 0 Å². The van der Waals surface area contributed by atoms with Crippen molar-refractivity contribution in [2.75, 3.05) is 19.8 Å². The normalized spacial score (nSPS) is 15.8. The second-order valence-corrected chi connectivity index (χ2v) is 6.71. The molecule has 2 aromatic carbocycles. The van der Waals surface area contributed by atoms with Gasteiger partial charge >= 0.3 is 5.97 Å². The summed E-state index contributed by atoms with van der Waals surface area (Å²) in [7, 11) is 0. The van der Waals surface area contributed by atoms with Crippen LogP contribution in [0.15, 0.2) is 36.4 Å². The number of carbonyl (C=O) groups excluding carboxylic acids is 1. The Kier molecular flexibility index (Phi) is 4.40. The van der Waals surface area contributed by atoms with Crippen LogP contribution in [-0.4, -0.2) is 30.4 Å². The lowest BCUT2D eigenvalue weighted by atomic mass is 10.1. The van der Waals surface area contributed by atoms with Crippen LogP contribution in [0, 0.1) is 0 Å². The molecule has 1 saturated heterocycles. The van der Waals surface area contributed by atoms with Gasteiger partial charge in [0.15, 0.2) is 0 Å². The molecular formula is C20H20ClNO3. The second kappa shape index (κ2) is 6.70. The highest BCUT2D eigenvalue weighted by molar-refractivity contribution is 6.38. The van der Waals surface area contributed by atoms with Crippen molar-refractivity contribution >= 4 is 39.4 Å². The van der Waals surface area contributed by atoms with Crippen LogP contribution in [0.4, 0.5) is 0 Å². The van der Waals surface area contributed by atoms with Gasteiger partial charge in [-0.15, -0.1) is 0 Å². The average molecular weight is 358 g/mol. The molecule has 1 aliphatic heterocycles. The third-order valence-electron chi connectivity index (χ3n) is 4.84. The summed E-state index contributed by atoms with van der Waals surface area (Å²) < 4.78 is 13.0. The zero-order valence-electron chi connectivity index (χ0n) is 14.1. The third kappa shape index (κ3) is 2.79. The second-order valence-electron chi connectivity index (χ2n) is 6.30. The van der Waals surface area contributed by atoms with Crippen molar-refractivity contribution in [2.24, 2.45) is 0 Å². The molecule has 0 spiro atoms. The molecule has 3 aromatic rings. The van der Waals surface area contributed by atoms with Crippen molar-refractivity contribution in [1.82, 2.24) is 4.57 Å². The van der Waals surface area contributed by atoms with Gasteiger partial charge < -0.3 is 14.0 Å². The first-order chi connectivity index (χ1) is 12.2. The number of carbonyl (C=O) groups is 1. The summed E-state index contributed by atoms with van der Waals surface area (Å²) in [6, 6.07) is 12.1. The van der Waals surface area contributed by atoms with E-state index in [1.807, 2.05) is 37.3 Å². The molecule has 0 saturated carbocycles. The zero-order chi connectivity index (χ0) is 17.4. The quantitative estimate of drug-likeness (QED) is 0.621. The number of halogens is 1. The monoisotopic (exact) mass is 357 g/mol. The summed E-state index contributed by atoms with van der Waals surface area (Å²) in [4.78, 5) is 12.2. The molecule has 0 aliphatic carbocycles. The molecule has 4 nitrogen and oxygen atoms in total. The number of aromatic nitrogens is 1. The van der Waals surface area contributed by atoms with Gasteiger partial charge in [-0.1, -0.05) is 23.7 Å². The Morgan fingerprint density at radius 2 is 2.04 bits per heavy atom. The molecule has 0 radical (unpaired) electrons. The number of ether oxygens (including phenoxy) is 2. The van der Waals surface area contributed by atoms with Gasteiger partial charge in [0.05, 0.1) is 28.2 Å². The van der Waals surface area contributed by atoms with Crippen LogP contribution in [0.2, 0.25) is 5.02 Å². The Balaban J connectivity index is 1.98. The van der Waals surface area contributed by atoms with Gasteiger partial charge in [0.2, 0.25) is 0 Å². The van der Waals surface area contributed by atoms with Gasteiger partial charge in [-0.3, -0.25) is 0 Å². The largest absolute Gasteiger partial charge is 0.462 e. The number of rotatable bonds is 3. The Hall–Kier alpha value is -2.04. The van der Waals surface area contributed by atoms with E-state index in [-0.39, 0.29) is 5.97 Å². The van der Waals surface area contributed by atoms with Crippen molar-refractivity contribution < 1.29 is 14.3 Å². The highest BCUT2D eigenvalue weighted by Gasteiger charge is 2.22. The Morgan fingerprint density at radius 1 is 1.24 bits per heavy atom. The molecule has 130 valence electrons. The van der Waals surface area contributed by atoms with E-state index in [4.69, 9.17) is 21.1 Å². The lowest BCUT2D eigenvalue weighted by molar-refractivity contribution is 0.0526. The van der Waals surface area contributed by atoms with Crippen molar-refractivity contribution in [2.45, 2.75) is 25.8 Å². The Labute approximate surface area is 151 Å². The molecule has 0 amide bonds. The van der Waals surface area contributed by atoms with Crippen molar-refractivity contribution in [3.63, 3.8) is 0 Å². The van der Waals surface area contributed by atoms with E-state index in [0.717, 1.165) is 52.9 Å².